The first-order valence-electron chi connectivity index (χ1n) is 9.04. The molecule has 1 fully saturated rings. The van der Waals surface area contributed by atoms with E-state index in [1.165, 1.54) is 18.4 Å². The predicted molar refractivity (Wildman–Crippen MR) is 107 cm³/mol. The molecule has 0 aliphatic heterocycles. The van der Waals surface area contributed by atoms with Gasteiger partial charge < -0.3 is 10.6 Å². The number of hydrogen-bond acceptors (Lipinski definition) is 3. The minimum atomic E-state index is -0.107. The number of hydrogen-bond donors (Lipinski definition) is 2. The van der Waals surface area contributed by atoms with Gasteiger partial charge in [0.1, 0.15) is 0 Å². The summed E-state index contributed by atoms with van der Waals surface area (Å²) < 4.78 is 0. The Balaban J connectivity index is 1.53. The molecule has 2 aromatic carbocycles. The van der Waals surface area contributed by atoms with E-state index in [0.717, 1.165) is 18.6 Å². The molecule has 1 aliphatic rings. The van der Waals surface area contributed by atoms with Crippen molar-refractivity contribution < 1.29 is 9.59 Å². The van der Waals surface area contributed by atoms with Crippen molar-refractivity contribution in [2.75, 3.05) is 11.1 Å². The monoisotopic (exact) mass is 368 g/mol. The fraction of sp³-hybridized carbons (Fsp3) is 0.333. The first kappa shape index (κ1) is 18.5. The van der Waals surface area contributed by atoms with E-state index in [9.17, 15) is 9.59 Å². The van der Waals surface area contributed by atoms with Crippen LogP contribution in [0, 0.1) is 0 Å². The summed E-state index contributed by atoms with van der Waals surface area (Å²) in [5.74, 6) is 0.947. The Morgan fingerprint density at radius 1 is 0.962 bits per heavy atom. The topological polar surface area (TPSA) is 58.2 Å². The summed E-state index contributed by atoms with van der Waals surface area (Å²) in [6.07, 6.45) is 4.41. The van der Waals surface area contributed by atoms with Crippen LogP contribution in [0.4, 0.5) is 5.69 Å². The van der Waals surface area contributed by atoms with Gasteiger partial charge in [0.05, 0.1) is 17.0 Å². The van der Waals surface area contributed by atoms with Crippen molar-refractivity contribution in [3.8, 4) is 0 Å². The number of amides is 2. The molecule has 5 heteroatoms. The molecular formula is C21H24N2O2S. The van der Waals surface area contributed by atoms with Crippen molar-refractivity contribution >= 4 is 29.3 Å². The Hall–Kier alpha value is -2.27. The van der Waals surface area contributed by atoms with Gasteiger partial charge in [-0.2, -0.15) is 0 Å². The van der Waals surface area contributed by atoms with Gasteiger partial charge in [-0.1, -0.05) is 55.3 Å². The van der Waals surface area contributed by atoms with E-state index in [1.54, 1.807) is 23.9 Å². The van der Waals surface area contributed by atoms with Gasteiger partial charge in [0.2, 0.25) is 5.91 Å². The maximum Gasteiger partial charge on any atom is 0.253 e. The number of anilines is 1. The van der Waals surface area contributed by atoms with Crippen LogP contribution < -0.4 is 10.6 Å². The van der Waals surface area contributed by atoms with Crippen molar-refractivity contribution in [1.82, 2.24) is 5.32 Å². The van der Waals surface area contributed by atoms with Crippen LogP contribution in [0.15, 0.2) is 54.6 Å². The molecule has 0 saturated heterocycles. The summed E-state index contributed by atoms with van der Waals surface area (Å²) in [6.45, 7) is 0. The minimum absolute atomic E-state index is 0.0907. The lowest BCUT2D eigenvalue weighted by Gasteiger charge is -2.15. The molecule has 2 amide bonds. The standard InChI is InChI=1S/C21H24N2O2S/c24-20(15-26-14-16-8-2-1-3-9-16)23-19-13-7-6-12-18(19)21(25)22-17-10-4-5-11-17/h1-3,6-9,12-13,17H,4-5,10-11,14-15H2,(H,22,25)(H,23,24). The predicted octanol–water partition coefficient (Wildman–Crippen LogP) is 4.23. The van der Waals surface area contributed by atoms with E-state index in [1.807, 2.05) is 42.5 Å². The van der Waals surface area contributed by atoms with Crippen LogP contribution in [0.1, 0.15) is 41.6 Å². The smallest absolute Gasteiger partial charge is 0.253 e. The lowest BCUT2D eigenvalue weighted by Crippen LogP contribution is -2.33. The number of nitrogens with one attached hydrogen (secondary N) is 2. The maximum atomic E-state index is 12.5. The van der Waals surface area contributed by atoms with Crippen molar-refractivity contribution in [2.45, 2.75) is 37.5 Å². The molecule has 0 bridgehead atoms. The molecule has 136 valence electrons. The van der Waals surface area contributed by atoms with Gasteiger partial charge in [-0.25, -0.2) is 0 Å². The molecule has 0 heterocycles. The lowest BCUT2D eigenvalue weighted by molar-refractivity contribution is -0.113. The van der Waals surface area contributed by atoms with Gasteiger partial charge in [-0.05, 0) is 30.5 Å². The average Bonchev–Trinajstić information content (AvgIpc) is 3.16. The number of rotatable bonds is 7. The fourth-order valence-electron chi connectivity index (χ4n) is 3.15. The van der Waals surface area contributed by atoms with E-state index < -0.39 is 0 Å². The van der Waals surface area contributed by atoms with Crippen molar-refractivity contribution in [1.29, 1.82) is 0 Å². The van der Waals surface area contributed by atoms with Crippen LogP contribution in [0.25, 0.3) is 0 Å². The van der Waals surface area contributed by atoms with Crippen LogP contribution in [0.3, 0.4) is 0 Å². The zero-order valence-electron chi connectivity index (χ0n) is 14.7. The van der Waals surface area contributed by atoms with E-state index in [4.69, 9.17) is 0 Å². The van der Waals surface area contributed by atoms with Gasteiger partial charge >= 0.3 is 0 Å². The second kappa shape index (κ2) is 9.43. The number of carbonyl (C=O) groups excluding carboxylic acids is 2. The molecule has 1 saturated carbocycles. The molecule has 0 radical (unpaired) electrons. The van der Waals surface area contributed by atoms with E-state index in [-0.39, 0.29) is 17.9 Å². The molecular weight excluding hydrogens is 344 g/mol. The third-order valence-corrected chi connectivity index (χ3v) is 5.48. The SMILES string of the molecule is O=C(CSCc1ccccc1)Nc1ccccc1C(=O)NC1CCCC1. The largest absolute Gasteiger partial charge is 0.349 e. The second-order valence-corrected chi connectivity index (χ2v) is 7.51. The molecule has 2 N–H and O–H groups in total. The van der Waals surface area contributed by atoms with Gasteiger partial charge in [0.25, 0.3) is 5.91 Å². The summed E-state index contributed by atoms with van der Waals surface area (Å²) in [6, 6.07) is 17.5. The highest BCUT2D eigenvalue weighted by atomic mass is 32.2. The Labute approximate surface area is 158 Å². The van der Waals surface area contributed by atoms with Gasteiger partial charge in [-0.15, -0.1) is 11.8 Å². The zero-order valence-corrected chi connectivity index (χ0v) is 15.6. The van der Waals surface area contributed by atoms with Crippen LogP contribution in [-0.2, 0) is 10.5 Å². The Bertz CT molecular complexity index is 743. The normalized spacial score (nSPS) is 14.2. The quantitative estimate of drug-likeness (QED) is 0.769. The number of para-hydroxylation sites is 1. The molecule has 0 atom stereocenters. The fourth-order valence-corrected chi connectivity index (χ4v) is 3.93. The van der Waals surface area contributed by atoms with Gasteiger partial charge in [0, 0.05) is 11.8 Å². The van der Waals surface area contributed by atoms with E-state index in [0.29, 0.717) is 17.0 Å². The average molecular weight is 369 g/mol. The molecule has 0 aromatic heterocycles. The Morgan fingerprint density at radius 2 is 1.65 bits per heavy atom. The molecule has 4 nitrogen and oxygen atoms in total. The summed E-state index contributed by atoms with van der Waals surface area (Å²) >= 11 is 1.56. The Kier molecular flexibility index (Phi) is 6.72. The van der Waals surface area contributed by atoms with Crippen LogP contribution >= 0.6 is 11.8 Å². The number of carbonyl (C=O) groups is 2. The van der Waals surface area contributed by atoms with Crippen LogP contribution in [0.2, 0.25) is 0 Å². The van der Waals surface area contributed by atoms with Gasteiger partial charge in [-0.3, -0.25) is 9.59 Å². The van der Waals surface area contributed by atoms with Crippen molar-refractivity contribution in [3.63, 3.8) is 0 Å². The number of benzene rings is 2. The highest BCUT2D eigenvalue weighted by molar-refractivity contribution is 7.99. The van der Waals surface area contributed by atoms with Gasteiger partial charge in [0.15, 0.2) is 0 Å². The van der Waals surface area contributed by atoms with E-state index in [2.05, 4.69) is 10.6 Å². The van der Waals surface area contributed by atoms with Crippen molar-refractivity contribution in [2.24, 2.45) is 0 Å². The molecule has 3 rings (SSSR count). The molecule has 0 unspecified atom stereocenters. The highest BCUT2D eigenvalue weighted by Gasteiger charge is 2.20. The molecule has 2 aromatic rings. The number of thioether (sulfide) groups is 1. The third-order valence-electron chi connectivity index (χ3n) is 4.48. The first-order valence-corrected chi connectivity index (χ1v) is 10.2. The van der Waals surface area contributed by atoms with Crippen molar-refractivity contribution in [3.05, 3.63) is 65.7 Å². The van der Waals surface area contributed by atoms with E-state index >= 15 is 0 Å². The third kappa shape index (κ3) is 5.36. The summed E-state index contributed by atoms with van der Waals surface area (Å²) in [5.41, 5.74) is 2.30. The maximum absolute atomic E-state index is 12.5. The second-order valence-electron chi connectivity index (χ2n) is 6.53. The molecule has 0 spiro atoms. The highest BCUT2D eigenvalue weighted by Crippen LogP contribution is 2.21. The minimum Gasteiger partial charge on any atom is -0.349 e. The first-order chi connectivity index (χ1) is 12.7. The Morgan fingerprint density at radius 3 is 2.42 bits per heavy atom. The molecule has 1 aliphatic carbocycles. The summed E-state index contributed by atoms with van der Waals surface area (Å²) in [4.78, 5) is 24.8. The van der Waals surface area contributed by atoms with Crippen LogP contribution in [-0.4, -0.2) is 23.6 Å². The van der Waals surface area contributed by atoms with Crippen LogP contribution in [0.5, 0.6) is 0 Å². The molecule has 26 heavy (non-hydrogen) atoms. The zero-order chi connectivity index (χ0) is 18.2. The summed E-state index contributed by atoms with van der Waals surface area (Å²) in [7, 11) is 0. The lowest BCUT2D eigenvalue weighted by atomic mass is 10.1. The summed E-state index contributed by atoms with van der Waals surface area (Å²) in [5, 5.41) is 5.96.